The van der Waals surface area contributed by atoms with Crippen LogP contribution in [0.25, 0.3) is 0 Å². The van der Waals surface area contributed by atoms with Crippen molar-refractivity contribution in [3.8, 4) is 0 Å². The van der Waals surface area contributed by atoms with Gasteiger partial charge in [-0.2, -0.15) is 5.10 Å². The molecule has 0 aliphatic carbocycles. The average Bonchev–Trinajstić information content (AvgIpc) is 2.55. The zero-order valence-corrected chi connectivity index (χ0v) is 10.6. The molecule has 16 heavy (non-hydrogen) atoms. The number of aryl methyl sites for hydroxylation is 2. The Kier molecular flexibility index (Phi) is 2.80. The maximum absolute atomic E-state index is 10.5. The third-order valence-corrected chi connectivity index (χ3v) is 3.58. The van der Waals surface area contributed by atoms with Gasteiger partial charge in [0.1, 0.15) is 0 Å². The zero-order valence-electron chi connectivity index (χ0n) is 10.6. The van der Waals surface area contributed by atoms with E-state index in [4.69, 9.17) is 0 Å². The number of likely N-dealkylation sites (N-methyl/N-ethyl adjacent to an activating group) is 1. The summed E-state index contributed by atoms with van der Waals surface area (Å²) in [7, 11) is 4.00. The first-order chi connectivity index (χ1) is 7.39. The van der Waals surface area contributed by atoms with Crippen LogP contribution in [0.4, 0.5) is 0 Å². The highest BCUT2D eigenvalue weighted by Crippen LogP contribution is 2.28. The number of likely N-dealkylation sites (tertiary alicyclic amines) is 1. The number of hydrogen-bond donors (Lipinski definition) is 1. The molecule has 1 N–H and O–H groups in total. The Morgan fingerprint density at radius 1 is 1.56 bits per heavy atom. The molecule has 0 aromatic carbocycles. The van der Waals surface area contributed by atoms with Crippen LogP contribution in [-0.2, 0) is 13.5 Å². The number of aliphatic hydroxyl groups is 1. The van der Waals surface area contributed by atoms with E-state index in [0.717, 1.165) is 24.4 Å². The Hall–Kier alpha value is -0.870. The van der Waals surface area contributed by atoms with Gasteiger partial charge in [-0.25, -0.2) is 0 Å². The number of nitrogens with zero attached hydrogens (tertiary/aromatic N) is 3. The Bertz CT molecular complexity index is 376. The predicted molar refractivity (Wildman–Crippen MR) is 63.3 cm³/mol. The monoisotopic (exact) mass is 223 g/mol. The Balaban J connectivity index is 2.13. The van der Waals surface area contributed by atoms with Gasteiger partial charge in [0.2, 0.25) is 0 Å². The summed E-state index contributed by atoms with van der Waals surface area (Å²) >= 11 is 0. The second-order valence-electron chi connectivity index (χ2n) is 5.27. The molecular formula is C12H21N3O. The summed E-state index contributed by atoms with van der Waals surface area (Å²) in [6.07, 6.45) is 1.53. The highest BCUT2D eigenvalue weighted by molar-refractivity contribution is 5.13. The summed E-state index contributed by atoms with van der Waals surface area (Å²) in [4.78, 5) is 2.21. The van der Waals surface area contributed by atoms with Crippen LogP contribution in [-0.4, -0.2) is 45.0 Å². The van der Waals surface area contributed by atoms with E-state index in [-0.39, 0.29) is 0 Å². The van der Waals surface area contributed by atoms with E-state index in [1.54, 1.807) is 0 Å². The van der Waals surface area contributed by atoms with Gasteiger partial charge in [-0.3, -0.25) is 4.68 Å². The van der Waals surface area contributed by atoms with Crippen LogP contribution in [0.3, 0.4) is 0 Å². The number of rotatable bonds is 2. The minimum absolute atomic E-state index is 0.458. The summed E-state index contributed by atoms with van der Waals surface area (Å²) in [6, 6.07) is 2.51. The minimum atomic E-state index is -0.589. The van der Waals surface area contributed by atoms with Crippen molar-refractivity contribution in [2.24, 2.45) is 7.05 Å². The van der Waals surface area contributed by atoms with E-state index in [0.29, 0.717) is 12.5 Å². The van der Waals surface area contributed by atoms with Gasteiger partial charge in [0, 0.05) is 31.7 Å². The molecule has 2 rings (SSSR count). The van der Waals surface area contributed by atoms with E-state index < -0.39 is 5.60 Å². The first-order valence-corrected chi connectivity index (χ1v) is 5.82. The number of hydrogen-bond acceptors (Lipinski definition) is 3. The molecule has 90 valence electrons. The van der Waals surface area contributed by atoms with Crippen molar-refractivity contribution >= 4 is 0 Å². The average molecular weight is 223 g/mol. The van der Waals surface area contributed by atoms with E-state index in [1.165, 1.54) is 0 Å². The highest BCUT2D eigenvalue weighted by Gasteiger charge is 2.39. The molecule has 1 saturated heterocycles. The van der Waals surface area contributed by atoms with E-state index in [1.807, 2.05) is 18.7 Å². The number of β-amino-alcohol motifs (C(OH)–C–C–N with tert-alkyl or cyclic N) is 1. The standard InChI is InChI=1S/C12H21N3O/c1-9-5-11(15(4)13-9)7-12(16)6-10(2)14(3)8-12/h5,10,16H,6-8H2,1-4H3. The molecule has 2 unspecified atom stereocenters. The Labute approximate surface area is 96.9 Å². The smallest absolute Gasteiger partial charge is 0.0843 e. The maximum atomic E-state index is 10.5. The molecule has 2 atom stereocenters. The fraction of sp³-hybridized carbons (Fsp3) is 0.750. The van der Waals surface area contributed by atoms with Crippen molar-refractivity contribution in [1.29, 1.82) is 0 Å². The molecule has 0 radical (unpaired) electrons. The third kappa shape index (κ3) is 2.13. The molecule has 1 aliphatic rings. The molecule has 1 aromatic rings. The first kappa shape index (κ1) is 11.6. The lowest BCUT2D eigenvalue weighted by Crippen LogP contribution is -2.35. The molecule has 1 aromatic heterocycles. The van der Waals surface area contributed by atoms with Crippen LogP contribution in [0.2, 0.25) is 0 Å². The van der Waals surface area contributed by atoms with Crippen molar-refractivity contribution in [3.63, 3.8) is 0 Å². The van der Waals surface area contributed by atoms with Gasteiger partial charge < -0.3 is 10.0 Å². The van der Waals surface area contributed by atoms with E-state index in [2.05, 4.69) is 30.0 Å². The van der Waals surface area contributed by atoms with E-state index in [9.17, 15) is 5.11 Å². The van der Waals surface area contributed by atoms with Crippen molar-refractivity contribution in [2.75, 3.05) is 13.6 Å². The third-order valence-electron chi connectivity index (χ3n) is 3.58. The molecule has 4 heteroatoms. The van der Waals surface area contributed by atoms with Gasteiger partial charge in [0.15, 0.2) is 0 Å². The lowest BCUT2D eigenvalue weighted by Gasteiger charge is -2.22. The molecule has 2 heterocycles. The van der Waals surface area contributed by atoms with Gasteiger partial charge in [-0.1, -0.05) is 0 Å². The van der Waals surface area contributed by atoms with Crippen molar-refractivity contribution < 1.29 is 5.11 Å². The Morgan fingerprint density at radius 2 is 2.25 bits per heavy atom. The summed E-state index contributed by atoms with van der Waals surface area (Å²) < 4.78 is 1.87. The van der Waals surface area contributed by atoms with Crippen molar-refractivity contribution in [1.82, 2.24) is 14.7 Å². The maximum Gasteiger partial charge on any atom is 0.0843 e. The highest BCUT2D eigenvalue weighted by atomic mass is 16.3. The summed E-state index contributed by atoms with van der Waals surface area (Å²) in [5.74, 6) is 0. The fourth-order valence-corrected chi connectivity index (χ4v) is 2.69. The normalized spacial score (nSPS) is 31.2. The molecule has 1 fully saturated rings. The molecule has 0 spiro atoms. The SMILES string of the molecule is Cc1cc(CC2(O)CC(C)N(C)C2)n(C)n1. The molecule has 0 saturated carbocycles. The van der Waals surface area contributed by atoms with E-state index >= 15 is 0 Å². The van der Waals surface area contributed by atoms with Gasteiger partial charge in [-0.15, -0.1) is 0 Å². The molecule has 1 aliphatic heterocycles. The van der Waals surface area contributed by atoms with Crippen LogP contribution in [0.1, 0.15) is 24.7 Å². The quantitative estimate of drug-likeness (QED) is 0.803. The first-order valence-electron chi connectivity index (χ1n) is 5.82. The summed E-state index contributed by atoms with van der Waals surface area (Å²) in [5, 5.41) is 14.9. The second-order valence-corrected chi connectivity index (χ2v) is 5.27. The Morgan fingerprint density at radius 3 is 2.69 bits per heavy atom. The van der Waals surface area contributed by atoms with Crippen LogP contribution in [0.5, 0.6) is 0 Å². The van der Waals surface area contributed by atoms with Crippen LogP contribution >= 0.6 is 0 Å². The van der Waals surface area contributed by atoms with Gasteiger partial charge in [0.25, 0.3) is 0 Å². The van der Waals surface area contributed by atoms with Crippen molar-refractivity contribution in [3.05, 3.63) is 17.5 Å². The largest absolute Gasteiger partial charge is 0.388 e. The lowest BCUT2D eigenvalue weighted by atomic mass is 9.95. The van der Waals surface area contributed by atoms with Gasteiger partial charge >= 0.3 is 0 Å². The minimum Gasteiger partial charge on any atom is -0.388 e. The van der Waals surface area contributed by atoms with Crippen LogP contribution in [0.15, 0.2) is 6.07 Å². The molecule has 0 amide bonds. The van der Waals surface area contributed by atoms with Gasteiger partial charge in [0.05, 0.1) is 11.3 Å². The number of aromatic nitrogens is 2. The zero-order chi connectivity index (χ0) is 11.9. The topological polar surface area (TPSA) is 41.3 Å². The van der Waals surface area contributed by atoms with Crippen LogP contribution in [0, 0.1) is 6.92 Å². The fourth-order valence-electron chi connectivity index (χ4n) is 2.69. The lowest BCUT2D eigenvalue weighted by molar-refractivity contribution is 0.0502. The van der Waals surface area contributed by atoms with Crippen molar-refractivity contribution in [2.45, 2.75) is 38.3 Å². The predicted octanol–water partition coefficient (Wildman–Crippen LogP) is 0.726. The summed E-state index contributed by atoms with van der Waals surface area (Å²) in [5.41, 5.74) is 1.54. The molecular weight excluding hydrogens is 202 g/mol. The molecule has 0 bridgehead atoms. The second kappa shape index (κ2) is 3.86. The van der Waals surface area contributed by atoms with Crippen LogP contribution < -0.4 is 0 Å². The molecule has 4 nitrogen and oxygen atoms in total. The summed E-state index contributed by atoms with van der Waals surface area (Å²) in [6.45, 7) is 4.89. The van der Waals surface area contributed by atoms with Gasteiger partial charge in [-0.05, 0) is 33.4 Å².